The second-order valence-corrected chi connectivity index (χ2v) is 8.39. The third kappa shape index (κ3) is 4.87. The molecule has 0 aliphatic heterocycles. The van der Waals surface area contributed by atoms with Crippen LogP contribution in [0.5, 0.6) is 0 Å². The summed E-state index contributed by atoms with van der Waals surface area (Å²) in [6.45, 7) is 3.40. The molecule has 0 fully saturated rings. The van der Waals surface area contributed by atoms with Gasteiger partial charge in [0.25, 0.3) is 0 Å². The molecule has 0 aromatic heterocycles. The third-order valence-electron chi connectivity index (χ3n) is 3.56. The van der Waals surface area contributed by atoms with Crippen LogP contribution in [0.1, 0.15) is 12.5 Å². The molecule has 0 spiro atoms. The Balaban J connectivity index is 2.33. The van der Waals surface area contributed by atoms with Crippen molar-refractivity contribution < 1.29 is 13.2 Å². The zero-order chi connectivity index (χ0) is 18.8. The number of carbonyl (C=O) groups is 1. The van der Waals surface area contributed by atoms with Gasteiger partial charge in [0.05, 0.1) is 22.7 Å². The van der Waals surface area contributed by atoms with Crippen LogP contribution in [0.25, 0.3) is 0 Å². The summed E-state index contributed by atoms with van der Waals surface area (Å²) in [6, 6.07) is 10.6. The van der Waals surface area contributed by atoms with E-state index in [1.165, 1.54) is 13.0 Å². The second-order valence-electron chi connectivity index (χ2n) is 5.68. The van der Waals surface area contributed by atoms with E-state index in [1.807, 2.05) is 6.92 Å². The van der Waals surface area contributed by atoms with Crippen molar-refractivity contribution in [3.63, 3.8) is 0 Å². The molecule has 0 saturated heterocycles. The van der Waals surface area contributed by atoms with Gasteiger partial charge in [-0.25, -0.2) is 8.42 Å². The molecule has 1 N–H and O–H groups in total. The fraction of sp³-hybridized carbons (Fsp3) is 0.235. The predicted octanol–water partition coefficient (Wildman–Crippen LogP) is 4.10. The van der Waals surface area contributed by atoms with Crippen LogP contribution in [0.2, 0.25) is 10.0 Å². The molecule has 5 nitrogen and oxygen atoms in total. The predicted molar refractivity (Wildman–Crippen MR) is 103 cm³/mol. The van der Waals surface area contributed by atoms with E-state index in [9.17, 15) is 13.2 Å². The Morgan fingerprint density at radius 3 is 2.28 bits per heavy atom. The highest BCUT2D eigenvalue weighted by Crippen LogP contribution is 2.27. The average Bonchev–Trinajstić information content (AvgIpc) is 2.51. The Hall–Kier alpha value is -1.76. The minimum Gasteiger partial charge on any atom is -0.323 e. The molecule has 1 atom stereocenters. The molecule has 1 amide bonds. The van der Waals surface area contributed by atoms with Crippen molar-refractivity contribution in [2.24, 2.45) is 0 Å². The van der Waals surface area contributed by atoms with Gasteiger partial charge in [0, 0.05) is 5.02 Å². The molecule has 0 aliphatic rings. The SMILES string of the molecule is Cc1ccc(N(C(C)C(=O)Nc2cc(Cl)ccc2Cl)S(C)(=O)=O)cc1. The summed E-state index contributed by atoms with van der Waals surface area (Å²) < 4.78 is 25.5. The molecule has 0 radical (unpaired) electrons. The summed E-state index contributed by atoms with van der Waals surface area (Å²) in [5, 5.41) is 3.34. The maximum atomic E-state index is 12.6. The average molecular weight is 401 g/mol. The highest BCUT2D eigenvalue weighted by atomic mass is 35.5. The smallest absolute Gasteiger partial charge is 0.248 e. The number of rotatable bonds is 5. The first-order chi connectivity index (χ1) is 11.6. The lowest BCUT2D eigenvalue weighted by Gasteiger charge is -2.28. The number of aryl methyl sites for hydroxylation is 1. The van der Waals surface area contributed by atoms with Crippen molar-refractivity contribution in [2.45, 2.75) is 19.9 Å². The summed E-state index contributed by atoms with van der Waals surface area (Å²) in [5.74, 6) is -0.518. The number of halogens is 2. The van der Waals surface area contributed by atoms with Crippen molar-refractivity contribution >= 4 is 50.5 Å². The minimum absolute atomic E-state index is 0.311. The molecule has 0 aliphatic carbocycles. The fourth-order valence-electron chi connectivity index (χ4n) is 2.33. The van der Waals surface area contributed by atoms with Gasteiger partial charge in [-0.2, -0.15) is 0 Å². The number of hydrogen-bond donors (Lipinski definition) is 1. The van der Waals surface area contributed by atoms with E-state index in [0.717, 1.165) is 16.1 Å². The maximum absolute atomic E-state index is 12.6. The monoisotopic (exact) mass is 400 g/mol. The molecule has 25 heavy (non-hydrogen) atoms. The lowest BCUT2D eigenvalue weighted by molar-refractivity contribution is -0.116. The molecule has 2 rings (SSSR count). The highest BCUT2D eigenvalue weighted by molar-refractivity contribution is 7.92. The van der Waals surface area contributed by atoms with Crippen LogP contribution in [0.3, 0.4) is 0 Å². The van der Waals surface area contributed by atoms with Gasteiger partial charge in [0.15, 0.2) is 0 Å². The van der Waals surface area contributed by atoms with Crippen LogP contribution in [0.15, 0.2) is 42.5 Å². The first-order valence-electron chi connectivity index (χ1n) is 7.41. The number of hydrogen-bond acceptors (Lipinski definition) is 3. The Morgan fingerprint density at radius 2 is 1.72 bits per heavy atom. The lowest BCUT2D eigenvalue weighted by Crippen LogP contribution is -2.45. The summed E-state index contributed by atoms with van der Waals surface area (Å²) >= 11 is 12.0. The summed E-state index contributed by atoms with van der Waals surface area (Å²) in [6.07, 6.45) is 1.06. The van der Waals surface area contributed by atoms with Gasteiger partial charge in [-0.05, 0) is 44.2 Å². The van der Waals surface area contributed by atoms with Crippen LogP contribution in [0, 0.1) is 6.92 Å². The van der Waals surface area contributed by atoms with E-state index < -0.39 is 22.0 Å². The summed E-state index contributed by atoms with van der Waals surface area (Å²) in [4.78, 5) is 12.6. The molecule has 0 heterocycles. The van der Waals surface area contributed by atoms with Crippen LogP contribution in [-0.4, -0.2) is 26.6 Å². The van der Waals surface area contributed by atoms with Gasteiger partial charge < -0.3 is 5.32 Å². The van der Waals surface area contributed by atoms with E-state index in [1.54, 1.807) is 36.4 Å². The van der Waals surface area contributed by atoms with Gasteiger partial charge in [-0.3, -0.25) is 9.10 Å². The lowest BCUT2D eigenvalue weighted by atomic mass is 10.2. The van der Waals surface area contributed by atoms with Gasteiger partial charge in [-0.1, -0.05) is 40.9 Å². The topological polar surface area (TPSA) is 66.5 Å². The number of benzene rings is 2. The Bertz CT molecular complexity index is 883. The Kier molecular flexibility index (Phi) is 5.98. The largest absolute Gasteiger partial charge is 0.323 e. The number of carbonyl (C=O) groups excluding carboxylic acids is 1. The molecule has 134 valence electrons. The maximum Gasteiger partial charge on any atom is 0.248 e. The summed E-state index contributed by atoms with van der Waals surface area (Å²) in [5.41, 5.74) is 1.72. The van der Waals surface area contributed by atoms with E-state index in [-0.39, 0.29) is 0 Å². The first-order valence-corrected chi connectivity index (χ1v) is 10.0. The number of nitrogens with zero attached hydrogens (tertiary/aromatic N) is 1. The van der Waals surface area contributed by atoms with Crippen molar-refractivity contribution in [2.75, 3.05) is 15.9 Å². The second kappa shape index (κ2) is 7.64. The molecule has 8 heteroatoms. The molecular formula is C17H18Cl2N2O3S. The van der Waals surface area contributed by atoms with Crippen LogP contribution >= 0.6 is 23.2 Å². The number of nitrogens with one attached hydrogen (secondary N) is 1. The highest BCUT2D eigenvalue weighted by Gasteiger charge is 2.29. The van der Waals surface area contributed by atoms with E-state index >= 15 is 0 Å². The molecular weight excluding hydrogens is 383 g/mol. The van der Waals surface area contributed by atoms with Gasteiger partial charge >= 0.3 is 0 Å². The van der Waals surface area contributed by atoms with Gasteiger partial charge in [-0.15, -0.1) is 0 Å². The normalized spacial score (nSPS) is 12.5. The number of sulfonamides is 1. The van der Waals surface area contributed by atoms with E-state index in [4.69, 9.17) is 23.2 Å². The molecule has 0 bridgehead atoms. The van der Waals surface area contributed by atoms with Crippen molar-refractivity contribution in [3.8, 4) is 0 Å². The summed E-state index contributed by atoms with van der Waals surface area (Å²) in [7, 11) is -3.67. The van der Waals surface area contributed by atoms with Crippen molar-refractivity contribution in [1.82, 2.24) is 0 Å². The molecule has 2 aromatic rings. The molecule has 0 saturated carbocycles. The number of anilines is 2. The van der Waals surface area contributed by atoms with E-state index in [2.05, 4.69) is 5.32 Å². The third-order valence-corrected chi connectivity index (χ3v) is 5.37. The molecule has 2 aromatic carbocycles. The minimum atomic E-state index is -3.67. The number of amides is 1. The van der Waals surface area contributed by atoms with E-state index in [0.29, 0.717) is 21.4 Å². The Morgan fingerprint density at radius 1 is 1.12 bits per heavy atom. The van der Waals surface area contributed by atoms with Crippen molar-refractivity contribution in [1.29, 1.82) is 0 Å². The van der Waals surface area contributed by atoms with Crippen molar-refractivity contribution in [3.05, 3.63) is 58.1 Å². The van der Waals surface area contributed by atoms with Crippen LogP contribution in [0.4, 0.5) is 11.4 Å². The van der Waals surface area contributed by atoms with Gasteiger partial charge in [0.2, 0.25) is 15.9 Å². The molecule has 1 unspecified atom stereocenters. The van der Waals surface area contributed by atoms with Crippen LogP contribution < -0.4 is 9.62 Å². The zero-order valence-corrected chi connectivity index (χ0v) is 16.3. The van der Waals surface area contributed by atoms with Crippen LogP contribution in [-0.2, 0) is 14.8 Å². The quantitative estimate of drug-likeness (QED) is 0.821. The fourth-order valence-corrected chi connectivity index (χ4v) is 3.84. The zero-order valence-electron chi connectivity index (χ0n) is 14.0. The van der Waals surface area contributed by atoms with Gasteiger partial charge in [0.1, 0.15) is 6.04 Å². The Labute approximate surface area is 157 Å². The standard InChI is InChI=1S/C17H18Cl2N2O3S/c1-11-4-7-14(8-5-11)21(25(3,23)24)12(2)17(22)20-16-10-13(18)6-9-15(16)19/h4-10,12H,1-3H3,(H,20,22). The first kappa shape index (κ1) is 19.6.